The molecule has 6 heteroatoms. The van der Waals surface area contributed by atoms with Gasteiger partial charge in [-0.2, -0.15) is 0 Å². The Balaban J connectivity index is 1.41. The predicted molar refractivity (Wildman–Crippen MR) is 117 cm³/mol. The van der Waals surface area contributed by atoms with Crippen LogP contribution in [-0.4, -0.2) is 5.91 Å². The van der Waals surface area contributed by atoms with Gasteiger partial charge in [0.15, 0.2) is 6.17 Å². The lowest BCUT2D eigenvalue weighted by Crippen LogP contribution is -2.38. The van der Waals surface area contributed by atoms with E-state index in [1.165, 1.54) is 22.6 Å². The smallest absolute Gasteiger partial charge is 0.256 e. The van der Waals surface area contributed by atoms with Crippen molar-refractivity contribution in [2.45, 2.75) is 46.2 Å². The molecule has 2 aliphatic rings. The summed E-state index contributed by atoms with van der Waals surface area (Å²) in [6, 6.07) is 9.88. The molecule has 0 spiro atoms. The van der Waals surface area contributed by atoms with Crippen LogP contribution in [0.15, 0.2) is 40.8 Å². The molecule has 0 fully saturated rings. The van der Waals surface area contributed by atoms with Crippen molar-refractivity contribution in [3.63, 3.8) is 0 Å². The molecule has 1 amide bonds. The van der Waals surface area contributed by atoms with E-state index in [1.807, 2.05) is 12.1 Å². The Hall–Kier alpha value is -2.60. The minimum Gasteiger partial charge on any atom is -0.457 e. The maximum absolute atomic E-state index is 13.2. The van der Waals surface area contributed by atoms with Gasteiger partial charge in [-0.25, -0.2) is 4.39 Å². The van der Waals surface area contributed by atoms with Crippen molar-refractivity contribution in [2.75, 3.05) is 5.32 Å². The minimum absolute atomic E-state index is 0.0415. The zero-order valence-corrected chi connectivity index (χ0v) is 18.2. The van der Waals surface area contributed by atoms with Crippen LogP contribution in [0.3, 0.4) is 0 Å². The van der Waals surface area contributed by atoms with E-state index in [4.69, 9.17) is 4.42 Å². The number of benzene rings is 1. The molecule has 3 heterocycles. The van der Waals surface area contributed by atoms with Gasteiger partial charge in [0.1, 0.15) is 22.3 Å². The first-order chi connectivity index (χ1) is 14.3. The van der Waals surface area contributed by atoms with Gasteiger partial charge in [-0.3, -0.25) is 4.79 Å². The minimum atomic E-state index is -0.419. The highest BCUT2D eigenvalue weighted by atomic mass is 32.1. The van der Waals surface area contributed by atoms with Crippen LogP contribution in [0.1, 0.15) is 59.9 Å². The van der Waals surface area contributed by atoms with E-state index < -0.39 is 6.17 Å². The fourth-order valence-corrected chi connectivity index (χ4v) is 5.81. The summed E-state index contributed by atoms with van der Waals surface area (Å²) in [5.74, 6) is 1.58. The summed E-state index contributed by atoms with van der Waals surface area (Å²) in [5, 5.41) is 7.44. The SMILES string of the molecule is CC(C)(C)[C@H]1CCc2c(sc3c2C(=O)N[C@@H](c2ccc(-c4ccc(F)cc4)o2)N3)C1. The second kappa shape index (κ2) is 6.98. The predicted octanol–water partition coefficient (Wildman–Crippen LogP) is 6.15. The van der Waals surface area contributed by atoms with Gasteiger partial charge in [0, 0.05) is 10.4 Å². The topological polar surface area (TPSA) is 54.3 Å². The van der Waals surface area contributed by atoms with Crippen LogP contribution in [0, 0.1) is 17.2 Å². The van der Waals surface area contributed by atoms with E-state index in [2.05, 4.69) is 31.4 Å². The summed E-state index contributed by atoms with van der Waals surface area (Å²) >= 11 is 1.71. The van der Waals surface area contributed by atoms with Crippen LogP contribution in [-0.2, 0) is 12.8 Å². The summed E-state index contributed by atoms with van der Waals surface area (Å²) < 4.78 is 19.2. The summed E-state index contributed by atoms with van der Waals surface area (Å²) in [6.45, 7) is 6.90. The zero-order valence-electron chi connectivity index (χ0n) is 17.3. The maximum atomic E-state index is 13.2. The molecule has 2 atom stereocenters. The lowest BCUT2D eigenvalue weighted by molar-refractivity contribution is 0.0930. The molecule has 4 nitrogen and oxygen atoms in total. The molecule has 1 aliphatic carbocycles. The van der Waals surface area contributed by atoms with Gasteiger partial charge in [-0.15, -0.1) is 11.3 Å². The Bertz CT molecular complexity index is 1110. The number of furan rings is 1. The average Bonchev–Trinajstić information content (AvgIpc) is 3.32. The van der Waals surface area contributed by atoms with Crippen molar-refractivity contribution < 1.29 is 13.6 Å². The van der Waals surface area contributed by atoms with Crippen molar-refractivity contribution in [2.24, 2.45) is 11.3 Å². The molecule has 0 unspecified atom stereocenters. The fourth-order valence-electron chi connectivity index (χ4n) is 4.46. The third-order valence-electron chi connectivity index (χ3n) is 6.31. The normalized spacial score (nSPS) is 20.9. The number of carbonyl (C=O) groups is 1. The number of nitrogens with one attached hydrogen (secondary N) is 2. The van der Waals surface area contributed by atoms with E-state index in [0.717, 1.165) is 35.4 Å². The Morgan fingerprint density at radius 2 is 1.87 bits per heavy atom. The number of carbonyl (C=O) groups excluding carboxylic acids is 1. The Kier molecular flexibility index (Phi) is 4.51. The van der Waals surface area contributed by atoms with E-state index in [1.54, 1.807) is 23.5 Å². The highest BCUT2D eigenvalue weighted by molar-refractivity contribution is 7.16. The molecule has 3 aromatic rings. The second-order valence-electron chi connectivity index (χ2n) is 9.27. The Labute approximate surface area is 179 Å². The van der Waals surface area contributed by atoms with Crippen molar-refractivity contribution in [1.82, 2.24) is 5.32 Å². The molecule has 0 radical (unpaired) electrons. The van der Waals surface area contributed by atoms with Crippen LogP contribution in [0.4, 0.5) is 9.39 Å². The molecule has 2 N–H and O–H groups in total. The van der Waals surface area contributed by atoms with E-state index >= 15 is 0 Å². The fraction of sp³-hybridized carbons (Fsp3) is 0.375. The quantitative estimate of drug-likeness (QED) is 0.519. The molecule has 5 rings (SSSR count). The van der Waals surface area contributed by atoms with E-state index in [0.29, 0.717) is 17.4 Å². The first-order valence-corrected chi connectivity index (χ1v) is 11.2. The number of thiophene rings is 1. The first kappa shape index (κ1) is 19.4. The molecule has 0 saturated carbocycles. The van der Waals surface area contributed by atoms with Gasteiger partial charge in [0.25, 0.3) is 5.91 Å². The number of fused-ring (bicyclic) bond motifs is 3. The van der Waals surface area contributed by atoms with E-state index in [-0.39, 0.29) is 17.1 Å². The monoisotopic (exact) mass is 424 g/mol. The summed E-state index contributed by atoms with van der Waals surface area (Å²) in [4.78, 5) is 14.3. The van der Waals surface area contributed by atoms with Gasteiger partial charge in [0.05, 0.1) is 5.56 Å². The van der Waals surface area contributed by atoms with Gasteiger partial charge < -0.3 is 15.1 Å². The van der Waals surface area contributed by atoms with E-state index in [9.17, 15) is 9.18 Å². The molecule has 30 heavy (non-hydrogen) atoms. The molecular formula is C24H25FN2O2S. The molecule has 1 aromatic carbocycles. The Morgan fingerprint density at radius 1 is 1.10 bits per heavy atom. The molecule has 0 bridgehead atoms. The van der Waals surface area contributed by atoms with Crippen LogP contribution in [0.5, 0.6) is 0 Å². The number of hydrogen-bond acceptors (Lipinski definition) is 4. The molecule has 2 aromatic heterocycles. The first-order valence-electron chi connectivity index (χ1n) is 10.4. The number of hydrogen-bond donors (Lipinski definition) is 2. The number of anilines is 1. The third kappa shape index (κ3) is 3.33. The number of amides is 1. The number of rotatable bonds is 2. The number of halogens is 1. The molecule has 1 aliphatic heterocycles. The van der Waals surface area contributed by atoms with Crippen molar-refractivity contribution in [3.8, 4) is 11.3 Å². The van der Waals surface area contributed by atoms with Crippen LogP contribution < -0.4 is 10.6 Å². The van der Waals surface area contributed by atoms with Gasteiger partial charge in [-0.05, 0) is 72.6 Å². The van der Waals surface area contributed by atoms with Crippen LogP contribution in [0.2, 0.25) is 0 Å². The van der Waals surface area contributed by atoms with Crippen molar-refractivity contribution in [3.05, 3.63) is 64.0 Å². The largest absolute Gasteiger partial charge is 0.457 e. The van der Waals surface area contributed by atoms with Gasteiger partial charge >= 0.3 is 0 Å². The average molecular weight is 425 g/mol. The third-order valence-corrected chi connectivity index (χ3v) is 7.49. The van der Waals surface area contributed by atoms with Crippen molar-refractivity contribution in [1.29, 1.82) is 0 Å². The molecule has 156 valence electrons. The maximum Gasteiger partial charge on any atom is 0.256 e. The lowest BCUT2D eigenvalue weighted by Gasteiger charge is -2.34. The highest BCUT2D eigenvalue weighted by Crippen LogP contribution is 2.46. The van der Waals surface area contributed by atoms with Gasteiger partial charge in [0.2, 0.25) is 0 Å². The van der Waals surface area contributed by atoms with Gasteiger partial charge in [-0.1, -0.05) is 20.8 Å². The second-order valence-corrected chi connectivity index (χ2v) is 10.4. The lowest BCUT2D eigenvalue weighted by atomic mass is 9.72. The zero-order chi connectivity index (χ0) is 21.0. The molecular weight excluding hydrogens is 399 g/mol. The molecule has 0 saturated heterocycles. The summed E-state index contributed by atoms with van der Waals surface area (Å²) in [5.41, 5.74) is 3.09. The van der Waals surface area contributed by atoms with Crippen LogP contribution >= 0.6 is 11.3 Å². The Morgan fingerprint density at radius 3 is 2.60 bits per heavy atom. The summed E-state index contributed by atoms with van der Waals surface area (Å²) in [7, 11) is 0. The van der Waals surface area contributed by atoms with Crippen molar-refractivity contribution >= 4 is 22.2 Å². The standard InChI is InChI=1S/C24H25FN2O2S/c1-24(2,3)14-6-9-16-19(12-14)30-23-20(16)22(28)26-21(27-23)18-11-10-17(29-18)13-4-7-15(25)8-5-13/h4-5,7-8,10-11,14,21,27H,6,9,12H2,1-3H3,(H,26,28)/t14-,21+/m0/s1. The van der Waals surface area contributed by atoms with Crippen LogP contribution in [0.25, 0.3) is 11.3 Å². The summed E-state index contributed by atoms with van der Waals surface area (Å²) in [6.07, 6.45) is 2.69. The highest BCUT2D eigenvalue weighted by Gasteiger charge is 2.37.